The largest absolute Gasteiger partial charge is 0.481 e. The van der Waals surface area contributed by atoms with Crippen LogP contribution in [0.15, 0.2) is 42.9 Å². The number of hydrogen-bond donors (Lipinski definition) is 2. The number of amides is 1. The van der Waals surface area contributed by atoms with Crippen LogP contribution >= 0.6 is 11.6 Å². The number of carboxylic acid groups (broad SMARTS) is 1. The summed E-state index contributed by atoms with van der Waals surface area (Å²) in [5, 5.41) is 20.1. The minimum atomic E-state index is -0.966. The predicted octanol–water partition coefficient (Wildman–Crippen LogP) is 1.90. The van der Waals surface area contributed by atoms with Crippen LogP contribution in [0.2, 0.25) is 5.02 Å². The Kier molecular flexibility index (Phi) is 5.28. The van der Waals surface area contributed by atoms with Gasteiger partial charge in [-0.3, -0.25) is 19.6 Å². The van der Waals surface area contributed by atoms with Crippen molar-refractivity contribution in [2.24, 2.45) is 0 Å². The van der Waals surface area contributed by atoms with E-state index in [9.17, 15) is 9.59 Å². The zero-order chi connectivity index (χ0) is 18.5. The normalized spacial score (nSPS) is 10.7. The average Bonchev–Trinajstić information content (AvgIpc) is 3.24. The van der Waals surface area contributed by atoms with Gasteiger partial charge in [-0.15, -0.1) is 5.10 Å². The minimum absolute atomic E-state index is 0.0967. The van der Waals surface area contributed by atoms with E-state index < -0.39 is 11.9 Å². The summed E-state index contributed by atoms with van der Waals surface area (Å²) in [5.41, 5.74) is 1.11. The Hall–Kier alpha value is -3.20. The molecule has 0 aliphatic rings. The maximum absolute atomic E-state index is 12.3. The smallest absolute Gasteiger partial charge is 0.305 e. The maximum Gasteiger partial charge on any atom is 0.305 e. The Labute approximate surface area is 153 Å². The van der Waals surface area contributed by atoms with E-state index in [0.29, 0.717) is 11.6 Å². The molecule has 0 fully saturated rings. The summed E-state index contributed by atoms with van der Waals surface area (Å²) in [5.74, 6) is -1.30. The molecule has 0 unspecified atom stereocenters. The lowest BCUT2D eigenvalue weighted by atomic mass is 10.2. The number of carbonyl (C=O) groups is 2. The van der Waals surface area contributed by atoms with Crippen LogP contribution in [0.5, 0.6) is 0 Å². The average molecular weight is 375 g/mol. The van der Waals surface area contributed by atoms with Crippen LogP contribution in [-0.2, 0) is 17.9 Å². The van der Waals surface area contributed by atoms with Crippen molar-refractivity contribution in [1.29, 1.82) is 0 Å². The second-order valence-corrected chi connectivity index (χ2v) is 5.80. The highest BCUT2D eigenvalue weighted by molar-refractivity contribution is 6.31. The van der Waals surface area contributed by atoms with Crippen LogP contribution in [0, 0.1) is 0 Å². The molecule has 0 saturated heterocycles. The number of benzene rings is 1. The number of halogens is 1. The van der Waals surface area contributed by atoms with Crippen LogP contribution < -0.4 is 5.32 Å². The summed E-state index contributed by atoms with van der Waals surface area (Å²) in [6.45, 7) is 0.512. The number of nitrogens with zero attached hydrogens (tertiary/aromatic N) is 5. The van der Waals surface area contributed by atoms with Crippen molar-refractivity contribution >= 4 is 29.4 Å². The fraction of sp³-hybridized carbons (Fsp3) is 0.188. The molecule has 10 heteroatoms. The number of rotatable bonds is 7. The zero-order valence-electron chi connectivity index (χ0n) is 13.5. The van der Waals surface area contributed by atoms with Crippen LogP contribution in [0.25, 0.3) is 0 Å². The standard InChI is InChI=1S/C16H15ClN6O3/c17-12-4-2-1-3-11(12)9-22-10-18-16(21-22)20-15(26)13-5-7-19-23(13)8-6-14(24)25/h1-5,7,10H,6,8-9H2,(H,24,25)(H,20,21,26). The van der Waals surface area contributed by atoms with E-state index in [2.05, 4.69) is 20.5 Å². The summed E-state index contributed by atoms with van der Waals surface area (Å²) in [4.78, 5) is 27.1. The summed E-state index contributed by atoms with van der Waals surface area (Å²) in [6.07, 6.45) is 2.79. The summed E-state index contributed by atoms with van der Waals surface area (Å²) < 4.78 is 2.88. The van der Waals surface area contributed by atoms with Crippen LogP contribution in [-0.4, -0.2) is 41.5 Å². The van der Waals surface area contributed by atoms with Crippen molar-refractivity contribution < 1.29 is 14.7 Å². The predicted molar refractivity (Wildman–Crippen MR) is 93.0 cm³/mol. The molecule has 2 heterocycles. The first kappa shape index (κ1) is 17.6. The monoisotopic (exact) mass is 374 g/mol. The summed E-state index contributed by atoms with van der Waals surface area (Å²) in [6, 6.07) is 8.88. The molecule has 26 heavy (non-hydrogen) atoms. The van der Waals surface area contributed by atoms with Gasteiger partial charge in [0, 0.05) is 11.2 Å². The van der Waals surface area contributed by atoms with E-state index in [0.717, 1.165) is 5.56 Å². The molecule has 2 aromatic heterocycles. The molecular formula is C16H15ClN6O3. The summed E-state index contributed by atoms with van der Waals surface area (Å²) >= 11 is 6.12. The number of aromatic nitrogens is 5. The number of aliphatic carboxylic acids is 1. The number of nitrogens with one attached hydrogen (secondary N) is 1. The molecule has 9 nitrogen and oxygen atoms in total. The van der Waals surface area contributed by atoms with E-state index in [1.54, 1.807) is 10.7 Å². The fourth-order valence-electron chi connectivity index (χ4n) is 2.30. The molecule has 0 bridgehead atoms. The van der Waals surface area contributed by atoms with Crippen LogP contribution in [0.3, 0.4) is 0 Å². The molecule has 2 N–H and O–H groups in total. The molecule has 0 radical (unpaired) electrons. The van der Waals surface area contributed by atoms with Gasteiger partial charge in [-0.05, 0) is 17.7 Å². The molecule has 0 saturated carbocycles. The van der Waals surface area contributed by atoms with E-state index in [1.165, 1.54) is 23.3 Å². The van der Waals surface area contributed by atoms with E-state index >= 15 is 0 Å². The molecule has 0 spiro atoms. The molecule has 3 rings (SSSR count). The molecule has 0 atom stereocenters. The van der Waals surface area contributed by atoms with Gasteiger partial charge < -0.3 is 5.11 Å². The molecule has 0 aliphatic heterocycles. The van der Waals surface area contributed by atoms with E-state index in [4.69, 9.17) is 16.7 Å². The molecule has 134 valence electrons. The molecular weight excluding hydrogens is 360 g/mol. The highest BCUT2D eigenvalue weighted by Crippen LogP contribution is 2.16. The number of carboxylic acids is 1. The quantitative estimate of drug-likeness (QED) is 0.652. The van der Waals surface area contributed by atoms with Gasteiger partial charge in [-0.2, -0.15) is 5.10 Å². The zero-order valence-corrected chi connectivity index (χ0v) is 14.3. The number of carbonyl (C=O) groups excluding carboxylic acids is 1. The van der Waals surface area contributed by atoms with Crippen molar-refractivity contribution in [3.63, 3.8) is 0 Å². The second-order valence-electron chi connectivity index (χ2n) is 5.39. The molecule has 3 aromatic rings. The molecule has 1 amide bonds. The van der Waals surface area contributed by atoms with Gasteiger partial charge in [-0.1, -0.05) is 29.8 Å². The van der Waals surface area contributed by atoms with Gasteiger partial charge in [-0.25, -0.2) is 9.67 Å². The van der Waals surface area contributed by atoms with Crippen molar-refractivity contribution in [2.45, 2.75) is 19.5 Å². The van der Waals surface area contributed by atoms with Gasteiger partial charge in [0.25, 0.3) is 5.91 Å². The first-order chi connectivity index (χ1) is 12.5. The lowest BCUT2D eigenvalue weighted by molar-refractivity contribution is -0.137. The number of hydrogen-bond acceptors (Lipinski definition) is 5. The SMILES string of the molecule is O=C(O)CCn1nccc1C(=O)Nc1ncn(Cc2ccccc2Cl)n1. The first-order valence-electron chi connectivity index (χ1n) is 7.71. The van der Waals surface area contributed by atoms with Gasteiger partial charge in [0.1, 0.15) is 12.0 Å². The third-order valence-electron chi connectivity index (χ3n) is 3.54. The lowest BCUT2D eigenvalue weighted by Crippen LogP contribution is -2.19. The lowest BCUT2D eigenvalue weighted by Gasteiger charge is -2.05. The van der Waals surface area contributed by atoms with E-state index in [-0.39, 0.29) is 24.6 Å². The first-order valence-corrected chi connectivity index (χ1v) is 8.08. The Morgan fingerprint density at radius 1 is 1.23 bits per heavy atom. The molecule has 0 aliphatic carbocycles. The second kappa shape index (κ2) is 7.79. The number of anilines is 1. The van der Waals surface area contributed by atoms with Crippen LogP contribution in [0.4, 0.5) is 5.95 Å². The third-order valence-corrected chi connectivity index (χ3v) is 3.91. The Morgan fingerprint density at radius 2 is 2.04 bits per heavy atom. The van der Waals surface area contributed by atoms with Crippen molar-refractivity contribution in [3.05, 3.63) is 59.1 Å². The van der Waals surface area contributed by atoms with Crippen LogP contribution in [0.1, 0.15) is 22.5 Å². The van der Waals surface area contributed by atoms with Crippen molar-refractivity contribution in [3.8, 4) is 0 Å². The minimum Gasteiger partial charge on any atom is -0.481 e. The van der Waals surface area contributed by atoms with Gasteiger partial charge >= 0.3 is 5.97 Å². The highest BCUT2D eigenvalue weighted by atomic mass is 35.5. The highest BCUT2D eigenvalue weighted by Gasteiger charge is 2.15. The topological polar surface area (TPSA) is 115 Å². The summed E-state index contributed by atoms with van der Waals surface area (Å²) in [7, 11) is 0. The molecule has 1 aromatic carbocycles. The van der Waals surface area contributed by atoms with Gasteiger partial charge in [0.15, 0.2) is 0 Å². The Bertz CT molecular complexity index is 935. The Morgan fingerprint density at radius 3 is 2.81 bits per heavy atom. The van der Waals surface area contributed by atoms with Gasteiger partial charge in [0.2, 0.25) is 5.95 Å². The Balaban J connectivity index is 1.66. The number of aryl methyl sites for hydroxylation is 1. The van der Waals surface area contributed by atoms with Gasteiger partial charge in [0.05, 0.1) is 19.5 Å². The maximum atomic E-state index is 12.3. The van der Waals surface area contributed by atoms with Crippen molar-refractivity contribution in [1.82, 2.24) is 24.5 Å². The fourth-order valence-corrected chi connectivity index (χ4v) is 2.50. The van der Waals surface area contributed by atoms with E-state index in [1.807, 2.05) is 18.2 Å². The van der Waals surface area contributed by atoms with Crippen molar-refractivity contribution in [2.75, 3.05) is 5.32 Å². The third kappa shape index (κ3) is 4.25.